The first kappa shape index (κ1) is 17.7. The van der Waals surface area contributed by atoms with Crippen LogP contribution in [0.15, 0.2) is 30.3 Å². The third-order valence-electron chi connectivity index (χ3n) is 4.27. The Morgan fingerprint density at radius 1 is 1.10 bits per heavy atom. The zero-order valence-corrected chi connectivity index (χ0v) is 13.0. The first-order chi connectivity index (χ1) is 9.33. The quantitative estimate of drug-likeness (QED) is 0.894. The zero-order valence-electron chi connectivity index (χ0n) is 13.0. The van der Waals surface area contributed by atoms with E-state index in [2.05, 4.69) is 62.6 Å². The number of amides is 1. The van der Waals surface area contributed by atoms with Gasteiger partial charge in [0, 0.05) is 13.1 Å². The van der Waals surface area contributed by atoms with E-state index in [1.54, 1.807) is 0 Å². The van der Waals surface area contributed by atoms with Gasteiger partial charge in [0.2, 0.25) is 5.91 Å². The molecule has 1 aliphatic heterocycles. The Morgan fingerprint density at radius 3 is 2.29 bits per heavy atom. The summed E-state index contributed by atoms with van der Waals surface area (Å²) >= 11 is 0. The highest BCUT2D eigenvalue weighted by Crippen LogP contribution is 2.38. The third kappa shape index (κ3) is 4.07. The molecule has 1 atom stereocenters. The predicted molar refractivity (Wildman–Crippen MR) is 89.4 cm³/mol. The first-order valence-electron chi connectivity index (χ1n) is 7.40. The van der Waals surface area contributed by atoms with E-state index >= 15 is 0 Å². The van der Waals surface area contributed by atoms with Crippen molar-refractivity contribution in [3.05, 3.63) is 35.9 Å². The maximum absolute atomic E-state index is 12.1. The molecule has 0 spiro atoms. The van der Waals surface area contributed by atoms with Gasteiger partial charge in [-0.05, 0) is 22.8 Å². The number of carbonyl (C=O) groups excluding carboxylic acids is 1. The minimum Gasteiger partial charge on any atom is -0.353 e. The summed E-state index contributed by atoms with van der Waals surface area (Å²) in [6, 6.07) is 10.4. The molecule has 1 saturated heterocycles. The van der Waals surface area contributed by atoms with Crippen LogP contribution in [0.5, 0.6) is 0 Å². The van der Waals surface area contributed by atoms with Crippen LogP contribution in [0.25, 0.3) is 0 Å². The summed E-state index contributed by atoms with van der Waals surface area (Å²) in [6.07, 6.45) is 0.953. The smallest absolute Gasteiger partial charge is 0.237 e. The first-order valence-corrected chi connectivity index (χ1v) is 7.40. The summed E-state index contributed by atoms with van der Waals surface area (Å²) < 4.78 is 0. The fraction of sp³-hybridized carbons (Fsp3) is 0.611. The number of rotatable bonds is 4. The maximum atomic E-state index is 12.1. The highest BCUT2D eigenvalue weighted by atomic mass is 16.2. The van der Waals surface area contributed by atoms with Gasteiger partial charge in [0.1, 0.15) is 0 Å². The van der Waals surface area contributed by atoms with Crippen molar-refractivity contribution >= 4 is 5.91 Å². The summed E-state index contributed by atoms with van der Waals surface area (Å²) in [5.41, 5.74) is 1.28. The molecule has 2 N–H and O–H groups in total. The Bertz CT molecular complexity index is 465. The average Bonchev–Trinajstić information content (AvgIpc) is 2.39. The molecule has 1 heterocycles. The van der Waals surface area contributed by atoms with Crippen molar-refractivity contribution in [3.63, 3.8) is 0 Å². The van der Waals surface area contributed by atoms with Crippen LogP contribution >= 0.6 is 0 Å². The van der Waals surface area contributed by atoms with Gasteiger partial charge in [-0.25, -0.2) is 0 Å². The fourth-order valence-electron chi connectivity index (χ4n) is 3.46. The Hall–Kier alpha value is -1.35. The molecule has 1 amide bonds. The molecule has 3 nitrogen and oxygen atoms in total. The third-order valence-corrected chi connectivity index (χ3v) is 4.27. The molecular weight excluding hydrogens is 260 g/mol. The number of benzene rings is 1. The van der Waals surface area contributed by atoms with Crippen LogP contribution in [0.4, 0.5) is 0 Å². The van der Waals surface area contributed by atoms with E-state index in [0.717, 1.165) is 19.5 Å². The number of carbonyl (C=O) groups is 1. The monoisotopic (exact) mass is 290 g/mol. The number of hydrogen-bond acceptors (Lipinski definition) is 2. The highest BCUT2D eigenvalue weighted by molar-refractivity contribution is 5.83. The van der Waals surface area contributed by atoms with Gasteiger partial charge in [-0.3, -0.25) is 4.79 Å². The molecule has 118 valence electrons. The molecule has 0 radical (unpaired) electrons. The standard InChI is InChI=1S/C17H26N2O.CH4/c1-16(2,13-8-6-5-7-9-13)12-17(3,4)14-15(20)19-11-10-18-14;/h5-9,14,18H,10-12H2,1-4H3,(H,19,20);1H4. The molecular formula is C18H30N2O. The van der Waals surface area contributed by atoms with Crippen LogP contribution in [0.1, 0.15) is 47.1 Å². The lowest BCUT2D eigenvalue weighted by atomic mass is 9.68. The summed E-state index contributed by atoms with van der Waals surface area (Å²) in [4.78, 5) is 12.1. The molecule has 1 unspecified atom stereocenters. The fourth-order valence-corrected chi connectivity index (χ4v) is 3.46. The van der Waals surface area contributed by atoms with Gasteiger partial charge in [-0.1, -0.05) is 65.5 Å². The lowest BCUT2D eigenvalue weighted by Crippen LogP contribution is -2.59. The minimum absolute atomic E-state index is 0. The number of nitrogens with one attached hydrogen (secondary N) is 2. The second-order valence-corrected chi connectivity index (χ2v) is 7.09. The van der Waals surface area contributed by atoms with Crippen molar-refractivity contribution < 1.29 is 4.79 Å². The van der Waals surface area contributed by atoms with Gasteiger partial charge in [0.05, 0.1) is 6.04 Å². The van der Waals surface area contributed by atoms with Crippen molar-refractivity contribution in [3.8, 4) is 0 Å². The Labute approximate surface area is 129 Å². The average molecular weight is 290 g/mol. The Morgan fingerprint density at radius 2 is 1.71 bits per heavy atom. The van der Waals surface area contributed by atoms with E-state index in [9.17, 15) is 4.79 Å². The van der Waals surface area contributed by atoms with E-state index in [1.165, 1.54) is 5.56 Å². The Balaban J connectivity index is 0.00000220. The van der Waals surface area contributed by atoms with Crippen LogP contribution in [-0.2, 0) is 10.2 Å². The molecule has 0 bridgehead atoms. The molecule has 0 aromatic heterocycles. The van der Waals surface area contributed by atoms with E-state index in [1.807, 2.05) is 6.07 Å². The van der Waals surface area contributed by atoms with E-state index in [4.69, 9.17) is 0 Å². The largest absolute Gasteiger partial charge is 0.353 e. The van der Waals surface area contributed by atoms with Crippen LogP contribution in [0, 0.1) is 5.41 Å². The molecule has 1 aromatic rings. The number of piperazine rings is 1. The predicted octanol–water partition coefficient (Wildman–Crippen LogP) is 3.10. The maximum Gasteiger partial charge on any atom is 0.237 e. The molecule has 1 fully saturated rings. The van der Waals surface area contributed by atoms with Crippen LogP contribution < -0.4 is 10.6 Å². The lowest BCUT2D eigenvalue weighted by Gasteiger charge is -2.41. The molecule has 0 saturated carbocycles. The van der Waals surface area contributed by atoms with E-state index < -0.39 is 0 Å². The topological polar surface area (TPSA) is 41.1 Å². The van der Waals surface area contributed by atoms with E-state index in [0.29, 0.717) is 0 Å². The summed E-state index contributed by atoms with van der Waals surface area (Å²) in [5.74, 6) is 0.130. The SMILES string of the molecule is C.CC(C)(CC(C)(C)C1NCCNC1=O)c1ccccc1. The second-order valence-electron chi connectivity index (χ2n) is 7.09. The molecule has 1 aliphatic rings. The van der Waals surface area contributed by atoms with Gasteiger partial charge in [-0.2, -0.15) is 0 Å². The molecule has 1 aromatic carbocycles. The number of hydrogen-bond donors (Lipinski definition) is 2. The second kappa shape index (κ2) is 6.61. The Kier molecular flexibility index (Phi) is 5.57. The molecule has 21 heavy (non-hydrogen) atoms. The lowest BCUT2D eigenvalue weighted by molar-refractivity contribution is -0.127. The van der Waals surface area contributed by atoms with Crippen molar-refractivity contribution in [2.75, 3.05) is 13.1 Å². The molecule has 0 aliphatic carbocycles. The van der Waals surface area contributed by atoms with E-state index in [-0.39, 0.29) is 30.2 Å². The van der Waals surface area contributed by atoms with Gasteiger partial charge in [0.25, 0.3) is 0 Å². The molecule has 2 rings (SSSR count). The normalized spacial score (nSPS) is 19.6. The van der Waals surface area contributed by atoms with Crippen LogP contribution in [-0.4, -0.2) is 25.0 Å². The minimum atomic E-state index is -0.112. The summed E-state index contributed by atoms with van der Waals surface area (Å²) in [7, 11) is 0. The summed E-state index contributed by atoms with van der Waals surface area (Å²) in [5, 5.41) is 6.33. The van der Waals surface area contributed by atoms with Crippen molar-refractivity contribution in [1.29, 1.82) is 0 Å². The van der Waals surface area contributed by atoms with Crippen molar-refractivity contribution in [2.24, 2.45) is 5.41 Å². The van der Waals surface area contributed by atoms with Gasteiger partial charge in [0.15, 0.2) is 0 Å². The molecule has 3 heteroatoms. The highest BCUT2D eigenvalue weighted by Gasteiger charge is 2.40. The van der Waals surface area contributed by atoms with Gasteiger partial charge in [-0.15, -0.1) is 0 Å². The zero-order chi connectivity index (χ0) is 14.8. The van der Waals surface area contributed by atoms with Crippen LogP contribution in [0.3, 0.4) is 0 Å². The van der Waals surface area contributed by atoms with Crippen molar-refractivity contribution in [2.45, 2.75) is 53.0 Å². The van der Waals surface area contributed by atoms with Gasteiger partial charge >= 0.3 is 0 Å². The van der Waals surface area contributed by atoms with Gasteiger partial charge < -0.3 is 10.6 Å². The summed E-state index contributed by atoms with van der Waals surface area (Å²) in [6.45, 7) is 10.5. The van der Waals surface area contributed by atoms with Crippen LogP contribution in [0.2, 0.25) is 0 Å². The van der Waals surface area contributed by atoms with Crippen molar-refractivity contribution in [1.82, 2.24) is 10.6 Å².